The van der Waals surface area contributed by atoms with Gasteiger partial charge in [0, 0.05) is 12.5 Å². The van der Waals surface area contributed by atoms with Gasteiger partial charge < -0.3 is 9.47 Å². The summed E-state index contributed by atoms with van der Waals surface area (Å²) >= 11 is 0. The molecule has 3 rings (SSSR count). The molecule has 0 fully saturated rings. The lowest BCUT2D eigenvalue weighted by molar-refractivity contribution is 0.287. The highest BCUT2D eigenvalue weighted by Crippen LogP contribution is 2.28. The van der Waals surface area contributed by atoms with Crippen LogP contribution in [0, 0.1) is 11.3 Å². The molecule has 0 aliphatic heterocycles. The zero-order chi connectivity index (χ0) is 18.7. The van der Waals surface area contributed by atoms with Gasteiger partial charge in [-0.1, -0.05) is 66.7 Å². The van der Waals surface area contributed by atoms with E-state index < -0.39 is 0 Å². The van der Waals surface area contributed by atoms with E-state index in [0.29, 0.717) is 19.6 Å². The number of benzene rings is 3. The fourth-order valence-electron chi connectivity index (χ4n) is 2.80. The Kier molecular flexibility index (Phi) is 6.89. The van der Waals surface area contributed by atoms with E-state index in [2.05, 4.69) is 6.07 Å². The highest BCUT2D eigenvalue weighted by Gasteiger charge is 2.08. The van der Waals surface area contributed by atoms with Crippen LogP contribution in [0.15, 0.2) is 78.9 Å². The molecule has 0 radical (unpaired) electrons. The molecule has 0 spiro atoms. The van der Waals surface area contributed by atoms with Gasteiger partial charge in [0.1, 0.15) is 24.7 Å². The van der Waals surface area contributed by atoms with E-state index in [9.17, 15) is 0 Å². The van der Waals surface area contributed by atoms with Crippen molar-refractivity contribution < 1.29 is 9.47 Å². The second kappa shape index (κ2) is 10.0. The molecule has 27 heavy (non-hydrogen) atoms. The van der Waals surface area contributed by atoms with Crippen molar-refractivity contribution in [2.75, 3.05) is 0 Å². The van der Waals surface area contributed by atoms with Crippen molar-refractivity contribution in [3.05, 3.63) is 95.6 Å². The predicted molar refractivity (Wildman–Crippen MR) is 107 cm³/mol. The summed E-state index contributed by atoms with van der Waals surface area (Å²) < 4.78 is 12.0. The summed E-state index contributed by atoms with van der Waals surface area (Å²) in [5.74, 6) is 1.60. The van der Waals surface area contributed by atoms with Crippen molar-refractivity contribution in [2.45, 2.75) is 32.5 Å². The van der Waals surface area contributed by atoms with Gasteiger partial charge >= 0.3 is 0 Å². The van der Waals surface area contributed by atoms with Crippen LogP contribution in [-0.2, 0) is 19.6 Å². The Bertz CT molecular complexity index is 870. The molecule has 136 valence electrons. The first-order chi connectivity index (χ1) is 13.3. The minimum Gasteiger partial charge on any atom is -0.489 e. The first-order valence-corrected chi connectivity index (χ1v) is 9.18. The molecule has 0 aliphatic rings. The second-order valence-corrected chi connectivity index (χ2v) is 6.33. The number of aryl methyl sites for hydroxylation is 1. The molecule has 3 aromatic carbocycles. The Hall–Kier alpha value is -3.25. The standard InChI is InChI=1S/C24H23NO2/c25-16-8-7-13-22-14-15-23(26-18-20-9-3-1-4-10-20)17-24(22)27-19-21-11-5-2-6-12-21/h1-6,9-12,14-15,17H,7-8,13,18-19H2. The van der Waals surface area contributed by atoms with Crippen molar-refractivity contribution in [3.63, 3.8) is 0 Å². The van der Waals surface area contributed by atoms with Gasteiger partial charge in [-0.3, -0.25) is 0 Å². The van der Waals surface area contributed by atoms with E-state index in [-0.39, 0.29) is 0 Å². The molecular weight excluding hydrogens is 334 g/mol. The van der Waals surface area contributed by atoms with Crippen molar-refractivity contribution >= 4 is 0 Å². The molecule has 0 aliphatic carbocycles. The molecule has 0 heterocycles. The number of unbranched alkanes of at least 4 members (excludes halogenated alkanes) is 1. The fourth-order valence-corrected chi connectivity index (χ4v) is 2.80. The molecule has 3 nitrogen and oxygen atoms in total. The minimum absolute atomic E-state index is 0.508. The van der Waals surface area contributed by atoms with E-state index in [1.54, 1.807) is 0 Å². The van der Waals surface area contributed by atoms with Crippen LogP contribution in [-0.4, -0.2) is 0 Å². The Morgan fingerprint density at radius 3 is 2.00 bits per heavy atom. The number of nitrogens with zero attached hydrogens (tertiary/aromatic N) is 1. The molecule has 0 atom stereocenters. The molecule has 0 bridgehead atoms. The van der Waals surface area contributed by atoms with Crippen LogP contribution in [0.25, 0.3) is 0 Å². The van der Waals surface area contributed by atoms with Crippen LogP contribution in [0.5, 0.6) is 11.5 Å². The maximum absolute atomic E-state index is 8.79. The molecule has 0 unspecified atom stereocenters. The van der Waals surface area contributed by atoms with Crippen molar-refractivity contribution in [2.24, 2.45) is 0 Å². The van der Waals surface area contributed by atoms with Crippen molar-refractivity contribution in [1.82, 2.24) is 0 Å². The number of hydrogen-bond donors (Lipinski definition) is 0. The van der Waals surface area contributed by atoms with E-state index in [4.69, 9.17) is 14.7 Å². The van der Waals surface area contributed by atoms with Crippen molar-refractivity contribution in [3.8, 4) is 17.6 Å². The molecule has 3 heteroatoms. The maximum atomic E-state index is 8.79. The Labute approximate surface area is 160 Å². The summed E-state index contributed by atoms with van der Waals surface area (Å²) in [4.78, 5) is 0. The largest absolute Gasteiger partial charge is 0.489 e. The van der Waals surface area contributed by atoms with Gasteiger partial charge in [0.2, 0.25) is 0 Å². The zero-order valence-corrected chi connectivity index (χ0v) is 15.3. The van der Waals surface area contributed by atoms with Gasteiger partial charge in [-0.05, 0) is 35.6 Å². The van der Waals surface area contributed by atoms with E-state index in [1.807, 2.05) is 78.9 Å². The average molecular weight is 357 g/mol. The molecule has 0 aromatic heterocycles. The number of ether oxygens (including phenoxy) is 2. The smallest absolute Gasteiger partial charge is 0.126 e. The highest BCUT2D eigenvalue weighted by molar-refractivity contribution is 5.41. The number of hydrogen-bond acceptors (Lipinski definition) is 3. The molecule has 0 amide bonds. The Morgan fingerprint density at radius 1 is 0.741 bits per heavy atom. The van der Waals surface area contributed by atoms with Crippen LogP contribution in [0.1, 0.15) is 29.5 Å². The lowest BCUT2D eigenvalue weighted by atomic mass is 10.1. The predicted octanol–water partition coefficient (Wildman–Crippen LogP) is 5.69. The van der Waals surface area contributed by atoms with Crippen molar-refractivity contribution in [1.29, 1.82) is 5.26 Å². The monoisotopic (exact) mass is 357 g/mol. The van der Waals surface area contributed by atoms with Gasteiger partial charge in [0.15, 0.2) is 0 Å². The maximum Gasteiger partial charge on any atom is 0.126 e. The summed E-state index contributed by atoms with van der Waals surface area (Å²) in [5, 5.41) is 8.79. The first-order valence-electron chi connectivity index (χ1n) is 9.18. The van der Waals surface area contributed by atoms with Gasteiger partial charge in [-0.2, -0.15) is 5.26 Å². The summed E-state index contributed by atoms with van der Waals surface area (Å²) in [6.07, 6.45) is 2.18. The van der Waals surface area contributed by atoms with Gasteiger partial charge in [0.05, 0.1) is 6.07 Å². The SMILES string of the molecule is N#CCCCc1ccc(OCc2ccccc2)cc1OCc1ccccc1. The third-order valence-corrected chi connectivity index (χ3v) is 4.26. The third-order valence-electron chi connectivity index (χ3n) is 4.26. The van der Waals surface area contributed by atoms with Crippen LogP contribution in [0.4, 0.5) is 0 Å². The van der Waals surface area contributed by atoms with Crippen LogP contribution in [0.2, 0.25) is 0 Å². The van der Waals surface area contributed by atoms with E-state index in [0.717, 1.165) is 41.0 Å². The molecule has 0 N–H and O–H groups in total. The molecule has 0 saturated heterocycles. The first kappa shape index (κ1) is 18.5. The van der Waals surface area contributed by atoms with Gasteiger partial charge in [0.25, 0.3) is 0 Å². The summed E-state index contributed by atoms with van der Waals surface area (Å²) in [7, 11) is 0. The Morgan fingerprint density at radius 2 is 1.37 bits per heavy atom. The highest BCUT2D eigenvalue weighted by atomic mass is 16.5. The zero-order valence-electron chi connectivity index (χ0n) is 15.3. The van der Waals surface area contributed by atoms with Gasteiger partial charge in [-0.15, -0.1) is 0 Å². The van der Waals surface area contributed by atoms with Gasteiger partial charge in [-0.25, -0.2) is 0 Å². The number of rotatable bonds is 9. The fraction of sp³-hybridized carbons (Fsp3) is 0.208. The van der Waals surface area contributed by atoms with Crippen LogP contribution < -0.4 is 9.47 Å². The lowest BCUT2D eigenvalue weighted by Gasteiger charge is -2.14. The number of nitriles is 1. The molecule has 3 aromatic rings. The summed E-state index contributed by atoms with van der Waals surface area (Å²) in [5.41, 5.74) is 3.35. The summed E-state index contributed by atoms with van der Waals surface area (Å²) in [6.45, 7) is 1.03. The lowest BCUT2D eigenvalue weighted by Crippen LogP contribution is -2.01. The van der Waals surface area contributed by atoms with E-state index in [1.165, 1.54) is 0 Å². The molecule has 0 saturated carbocycles. The quantitative estimate of drug-likeness (QED) is 0.462. The van der Waals surface area contributed by atoms with Crippen LogP contribution in [0.3, 0.4) is 0 Å². The topological polar surface area (TPSA) is 42.2 Å². The Balaban J connectivity index is 1.70. The minimum atomic E-state index is 0.508. The summed E-state index contributed by atoms with van der Waals surface area (Å²) in [6, 6.07) is 28.4. The normalized spacial score (nSPS) is 10.2. The molecular formula is C24H23NO2. The third kappa shape index (κ3) is 5.90. The second-order valence-electron chi connectivity index (χ2n) is 6.33. The average Bonchev–Trinajstić information content (AvgIpc) is 2.73. The van der Waals surface area contributed by atoms with E-state index >= 15 is 0 Å². The van der Waals surface area contributed by atoms with Crippen LogP contribution >= 0.6 is 0 Å².